The molecule has 0 aliphatic rings. The maximum Gasteiger partial charge on any atom is 0.264 e. The van der Waals surface area contributed by atoms with Gasteiger partial charge in [0.2, 0.25) is 0 Å². The lowest BCUT2D eigenvalue weighted by atomic mass is 10.0. The second kappa shape index (κ2) is 19.2. The van der Waals surface area contributed by atoms with Crippen molar-refractivity contribution in [3.8, 4) is 0 Å². The van der Waals surface area contributed by atoms with E-state index >= 15 is 0 Å². The Morgan fingerprint density at radius 1 is 0.593 bits per heavy atom. The van der Waals surface area contributed by atoms with Gasteiger partial charge in [0.25, 0.3) is 10.1 Å². The van der Waals surface area contributed by atoms with Gasteiger partial charge in [-0.2, -0.15) is 8.42 Å². The molecule has 0 bridgehead atoms. The standard InChI is InChI=1S/C19H42N.C3H8O3S/c1-5-6-7-8-9-10-11-12-13-14-15-16-17-18-19-20(2,3)4;1-2-3-7(4,5)6/h5-19H2,1-4H3;2-3H2,1H3,(H,4,5,6)/q+1;. The zero-order valence-electron chi connectivity index (χ0n) is 19.1. The van der Waals surface area contributed by atoms with Crippen molar-refractivity contribution >= 4 is 10.1 Å². The Bertz CT molecular complexity index is 389. The van der Waals surface area contributed by atoms with E-state index in [1.54, 1.807) is 6.92 Å². The maximum atomic E-state index is 9.79. The van der Waals surface area contributed by atoms with Crippen LogP contribution in [0.25, 0.3) is 0 Å². The molecule has 5 heteroatoms. The first-order valence-corrected chi connectivity index (χ1v) is 13.0. The van der Waals surface area contributed by atoms with Crippen LogP contribution >= 0.6 is 0 Å². The van der Waals surface area contributed by atoms with E-state index in [0.29, 0.717) is 6.42 Å². The van der Waals surface area contributed by atoms with Crippen LogP contribution in [0.2, 0.25) is 0 Å². The minimum atomic E-state index is -3.67. The third kappa shape index (κ3) is 33.8. The van der Waals surface area contributed by atoms with Gasteiger partial charge in [0.15, 0.2) is 0 Å². The highest BCUT2D eigenvalue weighted by molar-refractivity contribution is 7.85. The number of unbranched alkanes of at least 4 members (excludes halogenated alkanes) is 13. The van der Waals surface area contributed by atoms with E-state index in [0.717, 1.165) is 4.48 Å². The predicted octanol–water partition coefficient (Wildman–Crippen LogP) is 6.46. The van der Waals surface area contributed by atoms with Crippen molar-refractivity contribution in [2.24, 2.45) is 0 Å². The number of quaternary nitrogens is 1. The SMILES string of the molecule is CCCCCCCCCCCCCCCC[N+](C)(C)C.CCCS(=O)(=O)O. The van der Waals surface area contributed by atoms with Crippen LogP contribution in [0.4, 0.5) is 0 Å². The zero-order chi connectivity index (χ0) is 21.0. The second-order valence-electron chi connectivity index (χ2n) is 8.90. The highest BCUT2D eigenvalue weighted by atomic mass is 32.2. The molecule has 0 aliphatic heterocycles. The van der Waals surface area contributed by atoms with Gasteiger partial charge in [0.1, 0.15) is 0 Å². The van der Waals surface area contributed by atoms with Gasteiger partial charge in [-0.25, -0.2) is 0 Å². The molecule has 4 nitrogen and oxygen atoms in total. The molecule has 166 valence electrons. The average Bonchev–Trinajstić information content (AvgIpc) is 2.53. The minimum Gasteiger partial charge on any atom is -0.331 e. The van der Waals surface area contributed by atoms with Crippen molar-refractivity contribution in [2.75, 3.05) is 33.4 Å². The van der Waals surface area contributed by atoms with E-state index in [2.05, 4.69) is 28.1 Å². The van der Waals surface area contributed by atoms with Gasteiger partial charge < -0.3 is 4.48 Å². The summed E-state index contributed by atoms with van der Waals surface area (Å²) in [5.74, 6) is -0.132. The average molecular weight is 409 g/mol. The molecule has 0 heterocycles. The summed E-state index contributed by atoms with van der Waals surface area (Å²) in [4.78, 5) is 0. The predicted molar refractivity (Wildman–Crippen MR) is 120 cm³/mol. The third-order valence-electron chi connectivity index (χ3n) is 4.64. The Hall–Kier alpha value is -0.130. The van der Waals surface area contributed by atoms with E-state index < -0.39 is 10.1 Å². The Kier molecular flexibility index (Phi) is 20.7. The fraction of sp³-hybridized carbons (Fsp3) is 1.00. The summed E-state index contributed by atoms with van der Waals surface area (Å²) in [5.41, 5.74) is 0. The lowest BCUT2D eigenvalue weighted by molar-refractivity contribution is -0.870. The van der Waals surface area contributed by atoms with Crippen molar-refractivity contribution in [3.05, 3.63) is 0 Å². The molecule has 0 unspecified atom stereocenters. The first-order chi connectivity index (χ1) is 12.6. The second-order valence-corrected chi connectivity index (χ2v) is 10.5. The van der Waals surface area contributed by atoms with Crippen LogP contribution in [0, 0.1) is 0 Å². The zero-order valence-corrected chi connectivity index (χ0v) is 20.0. The van der Waals surface area contributed by atoms with Crippen molar-refractivity contribution in [1.82, 2.24) is 0 Å². The first kappa shape index (κ1) is 29.1. The van der Waals surface area contributed by atoms with Crippen LogP contribution in [0.5, 0.6) is 0 Å². The summed E-state index contributed by atoms with van der Waals surface area (Å²) in [5, 5.41) is 0. The van der Waals surface area contributed by atoms with Crippen LogP contribution < -0.4 is 0 Å². The van der Waals surface area contributed by atoms with Gasteiger partial charge >= 0.3 is 0 Å². The molecular formula is C22H50NO3S+. The topological polar surface area (TPSA) is 54.4 Å². The van der Waals surface area contributed by atoms with Crippen molar-refractivity contribution in [1.29, 1.82) is 0 Å². The first-order valence-electron chi connectivity index (χ1n) is 11.4. The van der Waals surface area contributed by atoms with E-state index in [1.807, 2.05) is 0 Å². The van der Waals surface area contributed by atoms with E-state index in [-0.39, 0.29) is 5.75 Å². The van der Waals surface area contributed by atoms with Gasteiger partial charge in [-0.15, -0.1) is 0 Å². The minimum absolute atomic E-state index is 0.132. The number of hydrogen-bond acceptors (Lipinski definition) is 2. The fourth-order valence-electron chi connectivity index (χ4n) is 3.04. The summed E-state index contributed by atoms with van der Waals surface area (Å²) in [7, 11) is 3.21. The molecule has 0 spiro atoms. The van der Waals surface area contributed by atoms with Gasteiger partial charge in [-0.05, 0) is 19.3 Å². The summed E-state index contributed by atoms with van der Waals surface area (Å²) < 4.78 is 28.7. The monoisotopic (exact) mass is 408 g/mol. The lowest BCUT2D eigenvalue weighted by Crippen LogP contribution is -2.35. The number of nitrogens with zero attached hydrogens (tertiary/aromatic N) is 1. The van der Waals surface area contributed by atoms with Crippen molar-refractivity contribution in [3.63, 3.8) is 0 Å². The molecule has 0 saturated heterocycles. The molecule has 0 aromatic carbocycles. The Morgan fingerprint density at radius 3 is 1.15 bits per heavy atom. The fourth-order valence-corrected chi connectivity index (χ4v) is 3.55. The summed E-state index contributed by atoms with van der Waals surface area (Å²) in [6.45, 7) is 5.31. The molecule has 0 aromatic heterocycles. The quantitative estimate of drug-likeness (QED) is 0.171. The van der Waals surface area contributed by atoms with Crippen LogP contribution in [0.15, 0.2) is 0 Å². The van der Waals surface area contributed by atoms with Gasteiger partial charge in [-0.3, -0.25) is 4.55 Å². The molecule has 27 heavy (non-hydrogen) atoms. The molecule has 0 radical (unpaired) electrons. The molecule has 0 aromatic rings. The molecule has 0 aliphatic carbocycles. The summed E-state index contributed by atoms with van der Waals surface area (Å²) in [6.07, 6.45) is 20.8. The maximum absolute atomic E-state index is 9.79. The van der Waals surface area contributed by atoms with Crippen LogP contribution in [0.1, 0.15) is 110 Å². The highest BCUT2D eigenvalue weighted by Gasteiger charge is 2.04. The lowest BCUT2D eigenvalue weighted by Gasteiger charge is -2.23. The molecule has 0 rings (SSSR count). The Labute approximate surface area is 171 Å². The smallest absolute Gasteiger partial charge is 0.264 e. The van der Waals surface area contributed by atoms with E-state index in [4.69, 9.17) is 4.55 Å². The van der Waals surface area contributed by atoms with Crippen molar-refractivity contribution < 1.29 is 17.5 Å². The molecule has 0 saturated carbocycles. The summed E-state index contributed by atoms with van der Waals surface area (Å²) in [6, 6.07) is 0. The van der Waals surface area contributed by atoms with E-state index in [9.17, 15) is 8.42 Å². The summed E-state index contributed by atoms with van der Waals surface area (Å²) >= 11 is 0. The third-order valence-corrected chi connectivity index (χ3v) is 5.57. The van der Waals surface area contributed by atoms with E-state index in [1.165, 1.54) is 96.4 Å². The van der Waals surface area contributed by atoms with Crippen molar-refractivity contribution in [2.45, 2.75) is 110 Å². The van der Waals surface area contributed by atoms with Crippen LogP contribution in [-0.4, -0.2) is 50.9 Å². The van der Waals surface area contributed by atoms with Gasteiger partial charge in [-0.1, -0.05) is 90.9 Å². The molecule has 0 atom stereocenters. The van der Waals surface area contributed by atoms with Crippen LogP contribution in [-0.2, 0) is 10.1 Å². The Morgan fingerprint density at radius 2 is 0.926 bits per heavy atom. The van der Waals surface area contributed by atoms with Gasteiger partial charge in [0.05, 0.1) is 33.4 Å². The number of hydrogen-bond donors (Lipinski definition) is 1. The molecular weight excluding hydrogens is 358 g/mol. The van der Waals surface area contributed by atoms with Crippen LogP contribution in [0.3, 0.4) is 0 Å². The van der Waals surface area contributed by atoms with Gasteiger partial charge in [0, 0.05) is 0 Å². The Balaban J connectivity index is 0. The largest absolute Gasteiger partial charge is 0.331 e. The molecule has 0 amide bonds. The molecule has 1 N–H and O–H groups in total. The normalized spacial score (nSPS) is 11.9. The highest BCUT2D eigenvalue weighted by Crippen LogP contribution is 2.13. The molecule has 0 fully saturated rings. The number of rotatable bonds is 17.